The molecular weight excluding hydrogens is 248 g/mol. The minimum atomic E-state index is 0.144. The molecule has 6 heteroatoms. The molecule has 0 spiro atoms. The van der Waals surface area contributed by atoms with Crippen LogP contribution in [0.5, 0.6) is 0 Å². The number of aromatic nitrogens is 2. The van der Waals surface area contributed by atoms with Gasteiger partial charge in [0.2, 0.25) is 0 Å². The van der Waals surface area contributed by atoms with Crippen LogP contribution in [0.1, 0.15) is 13.3 Å². The van der Waals surface area contributed by atoms with Crippen molar-refractivity contribution in [3.05, 3.63) is 10.8 Å². The van der Waals surface area contributed by atoms with Gasteiger partial charge in [-0.2, -0.15) is 0 Å². The minimum Gasteiger partial charge on any atom is -0.396 e. The predicted molar refractivity (Wildman–Crippen MR) is 58.9 cm³/mol. The quantitative estimate of drug-likeness (QED) is 0.753. The zero-order valence-electron chi connectivity index (χ0n) is 7.87. The molecule has 0 amide bonds. The van der Waals surface area contributed by atoms with E-state index in [2.05, 4.69) is 31.2 Å². The molecule has 4 N–H and O–H groups in total. The van der Waals surface area contributed by atoms with Gasteiger partial charge >= 0.3 is 0 Å². The first kappa shape index (κ1) is 11.2. The summed E-state index contributed by atoms with van der Waals surface area (Å²) in [5, 5.41) is 11.8. The molecule has 78 valence electrons. The Bertz CT molecular complexity index is 307. The van der Waals surface area contributed by atoms with Crippen LogP contribution in [-0.4, -0.2) is 27.7 Å². The fraction of sp³-hybridized carbons (Fsp3) is 0.500. The number of aliphatic hydroxyl groups is 1. The molecule has 1 heterocycles. The molecule has 5 nitrogen and oxygen atoms in total. The second-order valence-corrected chi connectivity index (χ2v) is 3.77. The van der Waals surface area contributed by atoms with Crippen LogP contribution in [0.4, 0.5) is 11.6 Å². The van der Waals surface area contributed by atoms with Gasteiger partial charge < -0.3 is 16.2 Å². The molecule has 1 atom stereocenters. The molecule has 0 aromatic carbocycles. The highest BCUT2D eigenvalue weighted by atomic mass is 79.9. The molecule has 1 aromatic rings. The van der Waals surface area contributed by atoms with Crippen molar-refractivity contribution in [1.82, 2.24) is 9.97 Å². The Balaban J connectivity index is 2.71. The van der Waals surface area contributed by atoms with Crippen LogP contribution < -0.4 is 11.1 Å². The lowest BCUT2D eigenvalue weighted by molar-refractivity contribution is 0.282. The second-order valence-electron chi connectivity index (χ2n) is 2.98. The molecule has 1 aromatic heterocycles. The monoisotopic (exact) mass is 260 g/mol. The van der Waals surface area contributed by atoms with Crippen LogP contribution in [0, 0.1) is 0 Å². The van der Waals surface area contributed by atoms with Gasteiger partial charge in [0.25, 0.3) is 0 Å². The molecule has 0 aliphatic rings. The maximum atomic E-state index is 8.73. The molecule has 1 rings (SSSR count). The zero-order valence-corrected chi connectivity index (χ0v) is 9.45. The van der Waals surface area contributed by atoms with Crippen LogP contribution >= 0.6 is 15.9 Å². The number of anilines is 2. The Morgan fingerprint density at radius 1 is 1.64 bits per heavy atom. The highest BCUT2D eigenvalue weighted by Crippen LogP contribution is 2.24. The third kappa shape index (κ3) is 2.81. The van der Waals surface area contributed by atoms with Gasteiger partial charge in [-0.25, -0.2) is 9.97 Å². The maximum Gasteiger partial charge on any atom is 0.146 e. The number of aliphatic hydroxyl groups excluding tert-OH is 1. The van der Waals surface area contributed by atoms with Crippen molar-refractivity contribution >= 4 is 27.6 Å². The Labute approximate surface area is 90.9 Å². The minimum absolute atomic E-state index is 0.144. The number of rotatable bonds is 4. The highest BCUT2D eigenvalue weighted by Gasteiger charge is 2.08. The molecule has 0 radical (unpaired) electrons. The molecule has 0 saturated heterocycles. The average Bonchev–Trinajstić information content (AvgIpc) is 2.13. The van der Waals surface area contributed by atoms with E-state index in [1.807, 2.05) is 6.92 Å². The van der Waals surface area contributed by atoms with Crippen molar-refractivity contribution in [2.24, 2.45) is 0 Å². The van der Waals surface area contributed by atoms with E-state index in [0.29, 0.717) is 22.5 Å². The van der Waals surface area contributed by atoms with Crippen molar-refractivity contribution in [1.29, 1.82) is 0 Å². The summed E-state index contributed by atoms with van der Waals surface area (Å²) in [7, 11) is 0. The number of nitrogens with one attached hydrogen (secondary N) is 1. The smallest absolute Gasteiger partial charge is 0.146 e. The first-order valence-electron chi connectivity index (χ1n) is 4.28. The van der Waals surface area contributed by atoms with Crippen LogP contribution in [0.2, 0.25) is 0 Å². The van der Waals surface area contributed by atoms with E-state index in [1.54, 1.807) is 0 Å². The maximum absolute atomic E-state index is 8.73. The van der Waals surface area contributed by atoms with Crippen LogP contribution in [0.3, 0.4) is 0 Å². The Morgan fingerprint density at radius 2 is 2.36 bits per heavy atom. The summed E-state index contributed by atoms with van der Waals surface area (Å²) in [5.41, 5.74) is 5.58. The lowest BCUT2D eigenvalue weighted by Crippen LogP contribution is -2.18. The second kappa shape index (κ2) is 5.11. The van der Waals surface area contributed by atoms with Crippen molar-refractivity contribution in [2.45, 2.75) is 19.4 Å². The van der Waals surface area contributed by atoms with E-state index in [-0.39, 0.29) is 12.6 Å². The van der Waals surface area contributed by atoms with E-state index in [4.69, 9.17) is 10.8 Å². The number of hydrogen-bond donors (Lipinski definition) is 3. The van der Waals surface area contributed by atoms with Crippen molar-refractivity contribution in [3.8, 4) is 0 Å². The molecule has 0 bridgehead atoms. The Kier molecular flexibility index (Phi) is 4.09. The summed E-state index contributed by atoms with van der Waals surface area (Å²) in [6.07, 6.45) is 2.06. The van der Waals surface area contributed by atoms with Gasteiger partial charge in [0.15, 0.2) is 0 Å². The van der Waals surface area contributed by atoms with Crippen LogP contribution in [-0.2, 0) is 0 Å². The lowest BCUT2D eigenvalue weighted by atomic mass is 10.2. The van der Waals surface area contributed by atoms with Gasteiger partial charge in [0.1, 0.15) is 22.4 Å². The fourth-order valence-corrected chi connectivity index (χ4v) is 1.30. The highest BCUT2D eigenvalue weighted by molar-refractivity contribution is 9.10. The fourth-order valence-electron chi connectivity index (χ4n) is 0.983. The first-order valence-corrected chi connectivity index (χ1v) is 5.07. The van der Waals surface area contributed by atoms with E-state index in [0.717, 1.165) is 0 Å². The van der Waals surface area contributed by atoms with Gasteiger partial charge in [0.05, 0.1) is 0 Å². The van der Waals surface area contributed by atoms with Gasteiger partial charge in [-0.05, 0) is 29.3 Å². The summed E-state index contributed by atoms with van der Waals surface area (Å²) in [5.74, 6) is 1.05. The molecule has 0 saturated carbocycles. The van der Waals surface area contributed by atoms with Gasteiger partial charge in [-0.3, -0.25) is 0 Å². The first-order chi connectivity index (χ1) is 6.65. The summed E-state index contributed by atoms with van der Waals surface area (Å²) in [4.78, 5) is 7.85. The van der Waals surface area contributed by atoms with Crippen molar-refractivity contribution in [2.75, 3.05) is 17.7 Å². The third-order valence-corrected chi connectivity index (χ3v) is 2.54. The molecule has 14 heavy (non-hydrogen) atoms. The number of nitrogen functional groups attached to an aromatic ring is 1. The molecule has 1 unspecified atom stereocenters. The molecule has 0 aliphatic carbocycles. The standard InChI is InChI=1S/C8H13BrN4O/c1-5(2-3-14)13-8-6(9)7(10)11-4-12-8/h4-5,14H,2-3H2,1H3,(H3,10,11,12,13). The molecule has 0 fully saturated rings. The van der Waals surface area contributed by atoms with E-state index in [9.17, 15) is 0 Å². The van der Waals surface area contributed by atoms with Crippen LogP contribution in [0.15, 0.2) is 10.8 Å². The van der Waals surface area contributed by atoms with Gasteiger partial charge in [-0.1, -0.05) is 0 Å². The normalized spacial score (nSPS) is 12.5. The predicted octanol–water partition coefficient (Wildman–Crippen LogP) is 1.00. The van der Waals surface area contributed by atoms with Crippen molar-refractivity contribution < 1.29 is 5.11 Å². The summed E-state index contributed by atoms with van der Waals surface area (Å²) >= 11 is 3.28. The summed E-state index contributed by atoms with van der Waals surface area (Å²) in [6, 6.07) is 0.144. The molecular formula is C8H13BrN4O. The summed E-state index contributed by atoms with van der Waals surface area (Å²) < 4.78 is 0.657. The summed E-state index contributed by atoms with van der Waals surface area (Å²) in [6.45, 7) is 2.10. The Hall–Kier alpha value is -0.880. The lowest BCUT2D eigenvalue weighted by Gasteiger charge is -2.14. The van der Waals surface area contributed by atoms with E-state index >= 15 is 0 Å². The largest absolute Gasteiger partial charge is 0.396 e. The van der Waals surface area contributed by atoms with Crippen LogP contribution in [0.25, 0.3) is 0 Å². The zero-order chi connectivity index (χ0) is 10.6. The topological polar surface area (TPSA) is 84.1 Å². The molecule has 0 aliphatic heterocycles. The SMILES string of the molecule is CC(CCO)Nc1ncnc(N)c1Br. The van der Waals surface area contributed by atoms with E-state index in [1.165, 1.54) is 6.33 Å². The number of nitrogens with zero attached hydrogens (tertiary/aromatic N) is 2. The van der Waals surface area contributed by atoms with Crippen molar-refractivity contribution in [3.63, 3.8) is 0 Å². The number of halogens is 1. The Morgan fingerprint density at radius 3 is 3.00 bits per heavy atom. The van der Waals surface area contributed by atoms with Gasteiger partial charge in [-0.15, -0.1) is 0 Å². The number of nitrogens with two attached hydrogens (primary N) is 1. The third-order valence-electron chi connectivity index (χ3n) is 1.76. The number of hydrogen-bond acceptors (Lipinski definition) is 5. The van der Waals surface area contributed by atoms with E-state index < -0.39 is 0 Å². The average molecular weight is 261 g/mol. The van der Waals surface area contributed by atoms with Gasteiger partial charge in [0, 0.05) is 12.6 Å².